The molecule has 0 aromatic heterocycles. The number of carboxylic acid groups (broad SMARTS) is 1. The van der Waals surface area contributed by atoms with E-state index in [1.54, 1.807) is 13.2 Å². The van der Waals surface area contributed by atoms with Crippen molar-refractivity contribution in [3.63, 3.8) is 0 Å². The van der Waals surface area contributed by atoms with Crippen LogP contribution in [0.3, 0.4) is 0 Å². The van der Waals surface area contributed by atoms with E-state index >= 15 is 0 Å². The number of benzene rings is 1. The quantitative estimate of drug-likeness (QED) is 0.654. The van der Waals surface area contributed by atoms with Crippen molar-refractivity contribution in [3.8, 4) is 11.8 Å². The number of methoxy groups -OCH3 is 1. The van der Waals surface area contributed by atoms with Crippen LogP contribution < -0.4 is 9.64 Å². The highest BCUT2D eigenvalue weighted by Gasteiger charge is 2.41. The molecule has 1 aliphatic heterocycles. The third-order valence-electron chi connectivity index (χ3n) is 5.48. The maximum absolute atomic E-state index is 11.1. The topological polar surface area (TPSA) is 73.6 Å². The van der Waals surface area contributed by atoms with Crippen LogP contribution in [0.2, 0.25) is 0 Å². The minimum absolute atomic E-state index is 0.145. The van der Waals surface area contributed by atoms with Crippen LogP contribution in [-0.4, -0.2) is 30.3 Å². The molecular formula is C22H20N2O3. The fourth-order valence-electron chi connectivity index (χ4n) is 4.30. The Morgan fingerprint density at radius 1 is 1.37 bits per heavy atom. The molecule has 0 spiro atoms. The van der Waals surface area contributed by atoms with Crippen molar-refractivity contribution < 1.29 is 14.6 Å². The zero-order chi connectivity index (χ0) is 19.0. The number of nitrogens with zero attached hydrogens (tertiary/aromatic N) is 2. The molecule has 5 nitrogen and oxygen atoms in total. The molecule has 1 saturated carbocycles. The van der Waals surface area contributed by atoms with Crippen molar-refractivity contribution in [2.24, 2.45) is 0 Å². The molecule has 1 heterocycles. The standard InChI is InChI=1S/C22H20N2O3/c1-27-17-8-6-16(7-9-17)24-20-4-2-3-18(20)19-12-14(5-10-21(19)24)11-15(13-23)22(25)26/h5-12,20-21H,2-4H2,1H3,(H,25,26)/b15-11+. The second kappa shape index (κ2) is 6.81. The van der Waals surface area contributed by atoms with Crippen LogP contribution in [0.25, 0.3) is 0 Å². The third-order valence-corrected chi connectivity index (χ3v) is 5.48. The van der Waals surface area contributed by atoms with Gasteiger partial charge in [-0.2, -0.15) is 5.26 Å². The van der Waals surface area contributed by atoms with E-state index in [0.717, 1.165) is 36.3 Å². The fraction of sp³-hybridized carbons (Fsp3) is 0.273. The Bertz CT molecular complexity index is 945. The molecule has 2 unspecified atom stereocenters. The van der Waals surface area contributed by atoms with E-state index < -0.39 is 5.97 Å². The third kappa shape index (κ3) is 2.93. The van der Waals surface area contributed by atoms with Gasteiger partial charge in [0, 0.05) is 5.69 Å². The van der Waals surface area contributed by atoms with Crippen molar-refractivity contribution >= 4 is 11.7 Å². The lowest BCUT2D eigenvalue weighted by atomic mass is 9.94. The molecule has 4 rings (SSSR count). The maximum atomic E-state index is 11.1. The molecule has 1 fully saturated rings. The number of nitriles is 1. The van der Waals surface area contributed by atoms with Crippen LogP contribution in [-0.2, 0) is 4.79 Å². The Hall–Kier alpha value is -3.26. The Morgan fingerprint density at radius 3 is 2.81 bits per heavy atom. The SMILES string of the molecule is COc1ccc(N2C3C=CC(/C=C(\C#N)C(=O)O)=CC3=C3CCCC32)cc1. The van der Waals surface area contributed by atoms with E-state index in [1.807, 2.05) is 24.3 Å². The highest BCUT2D eigenvalue weighted by atomic mass is 16.5. The number of hydrogen-bond acceptors (Lipinski definition) is 4. The van der Waals surface area contributed by atoms with Crippen molar-refractivity contribution in [2.75, 3.05) is 12.0 Å². The highest BCUT2D eigenvalue weighted by molar-refractivity contribution is 5.92. The van der Waals surface area contributed by atoms with Crippen LogP contribution in [0.5, 0.6) is 5.75 Å². The van der Waals surface area contributed by atoms with Gasteiger partial charge < -0.3 is 14.7 Å². The highest BCUT2D eigenvalue weighted by Crippen LogP contribution is 2.46. The zero-order valence-corrected chi connectivity index (χ0v) is 15.1. The lowest BCUT2D eigenvalue weighted by Crippen LogP contribution is -2.37. The van der Waals surface area contributed by atoms with Crippen molar-refractivity contribution in [3.05, 3.63) is 70.9 Å². The lowest BCUT2D eigenvalue weighted by Gasteiger charge is -2.32. The average molecular weight is 360 g/mol. The van der Waals surface area contributed by atoms with Gasteiger partial charge in [0.05, 0.1) is 19.2 Å². The average Bonchev–Trinajstić information content (AvgIpc) is 3.26. The van der Waals surface area contributed by atoms with Gasteiger partial charge in [0.25, 0.3) is 0 Å². The predicted molar refractivity (Wildman–Crippen MR) is 102 cm³/mol. The number of carbonyl (C=O) groups is 1. The van der Waals surface area contributed by atoms with Gasteiger partial charge in [0.1, 0.15) is 17.4 Å². The van der Waals surface area contributed by atoms with Gasteiger partial charge in [-0.1, -0.05) is 12.2 Å². The first kappa shape index (κ1) is 17.2. The molecule has 3 aliphatic rings. The van der Waals surface area contributed by atoms with Crippen LogP contribution in [0.1, 0.15) is 19.3 Å². The first-order valence-corrected chi connectivity index (χ1v) is 9.02. The van der Waals surface area contributed by atoms with Crippen molar-refractivity contribution in [1.82, 2.24) is 0 Å². The second-order valence-corrected chi connectivity index (χ2v) is 6.92. The Kier molecular flexibility index (Phi) is 4.33. The predicted octanol–water partition coefficient (Wildman–Crippen LogP) is 3.76. The summed E-state index contributed by atoms with van der Waals surface area (Å²) in [6.07, 6.45) is 10.8. The number of carboxylic acids is 1. The second-order valence-electron chi connectivity index (χ2n) is 6.92. The molecule has 0 bridgehead atoms. The molecule has 5 heteroatoms. The Labute approximate surface area is 158 Å². The number of anilines is 1. The summed E-state index contributed by atoms with van der Waals surface area (Å²) in [7, 11) is 1.66. The van der Waals surface area contributed by atoms with E-state index in [2.05, 4.69) is 23.1 Å². The maximum Gasteiger partial charge on any atom is 0.346 e. The minimum Gasteiger partial charge on any atom is -0.497 e. The summed E-state index contributed by atoms with van der Waals surface area (Å²) in [5.74, 6) is -0.362. The van der Waals surface area contributed by atoms with Crippen LogP contribution in [0, 0.1) is 11.3 Å². The number of rotatable bonds is 4. The van der Waals surface area contributed by atoms with Crippen LogP contribution in [0.4, 0.5) is 5.69 Å². The molecule has 0 radical (unpaired) electrons. The van der Waals surface area contributed by atoms with Gasteiger partial charge >= 0.3 is 5.97 Å². The number of fused-ring (bicyclic) bond motifs is 2. The monoisotopic (exact) mass is 360 g/mol. The number of ether oxygens (including phenoxy) is 1. The van der Waals surface area contributed by atoms with Crippen LogP contribution in [0.15, 0.2) is 70.9 Å². The number of allylic oxidation sites excluding steroid dienone is 3. The summed E-state index contributed by atoms with van der Waals surface area (Å²) in [6, 6.07) is 10.4. The molecule has 2 aliphatic carbocycles. The van der Waals surface area contributed by atoms with Crippen LogP contribution >= 0.6 is 0 Å². The number of aliphatic carboxylic acids is 1. The summed E-state index contributed by atoms with van der Waals surface area (Å²) in [5, 5.41) is 18.1. The molecule has 136 valence electrons. The molecular weight excluding hydrogens is 340 g/mol. The normalized spacial score (nSPS) is 23.6. The smallest absolute Gasteiger partial charge is 0.346 e. The van der Waals surface area contributed by atoms with E-state index in [0.29, 0.717) is 6.04 Å². The van der Waals surface area contributed by atoms with Gasteiger partial charge in [-0.15, -0.1) is 0 Å². The van der Waals surface area contributed by atoms with E-state index in [9.17, 15) is 4.79 Å². The molecule has 1 aromatic carbocycles. The first-order valence-electron chi connectivity index (χ1n) is 9.02. The lowest BCUT2D eigenvalue weighted by molar-refractivity contribution is -0.132. The van der Waals surface area contributed by atoms with Crippen molar-refractivity contribution in [2.45, 2.75) is 31.3 Å². The molecule has 1 aromatic rings. The molecule has 2 atom stereocenters. The summed E-state index contributed by atoms with van der Waals surface area (Å²) >= 11 is 0. The Morgan fingerprint density at radius 2 is 2.15 bits per heavy atom. The van der Waals surface area contributed by atoms with Gasteiger partial charge in [-0.3, -0.25) is 0 Å². The molecule has 27 heavy (non-hydrogen) atoms. The summed E-state index contributed by atoms with van der Waals surface area (Å²) in [6.45, 7) is 0. The fourth-order valence-corrected chi connectivity index (χ4v) is 4.30. The van der Waals surface area contributed by atoms with E-state index in [4.69, 9.17) is 15.1 Å². The van der Waals surface area contributed by atoms with E-state index in [1.165, 1.54) is 17.2 Å². The van der Waals surface area contributed by atoms with Gasteiger partial charge in [-0.25, -0.2) is 4.79 Å². The van der Waals surface area contributed by atoms with Crippen molar-refractivity contribution in [1.29, 1.82) is 5.26 Å². The molecule has 0 saturated heterocycles. The van der Waals surface area contributed by atoms with Gasteiger partial charge in [0.15, 0.2) is 0 Å². The first-order chi connectivity index (χ1) is 13.1. The van der Waals surface area contributed by atoms with Gasteiger partial charge in [0.2, 0.25) is 0 Å². The molecule has 0 amide bonds. The Balaban J connectivity index is 1.70. The number of hydrogen-bond donors (Lipinski definition) is 1. The zero-order valence-electron chi connectivity index (χ0n) is 15.1. The van der Waals surface area contributed by atoms with E-state index in [-0.39, 0.29) is 11.6 Å². The summed E-state index contributed by atoms with van der Waals surface area (Å²) < 4.78 is 5.27. The minimum atomic E-state index is -1.20. The summed E-state index contributed by atoms with van der Waals surface area (Å²) in [4.78, 5) is 13.6. The molecule has 1 N–H and O–H groups in total. The van der Waals surface area contributed by atoms with Gasteiger partial charge in [-0.05, 0) is 72.4 Å². The summed E-state index contributed by atoms with van der Waals surface area (Å²) in [5.41, 5.74) is 4.34. The largest absolute Gasteiger partial charge is 0.497 e.